The molecule has 1 heterocycles. The fraction of sp³-hybridized carbons (Fsp3) is 0.333. The first-order valence-electron chi connectivity index (χ1n) is 6.22. The van der Waals surface area contributed by atoms with E-state index in [1.807, 2.05) is 6.20 Å². The molecule has 20 heavy (non-hydrogen) atoms. The Kier molecular flexibility index (Phi) is 3.49. The third-order valence-electron chi connectivity index (χ3n) is 3.08. The third kappa shape index (κ3) is 2.86. The Bertz CT molecular complexity index is 653. The Hall–Kier alpha value is -1.80. The summed E-state index contributed by atoms with van der Waals surface area (Å²) in [5, 5.41) is 22.2. The van der Waals surface area contributed by atoms with Gasteiger partial charge in [-0.05, 0) is 40.9 Å². The molecule has 8 heteroatoms. The van der Waals surface area contributed by atoms with Crippen molar-refractivity contribution in [3.63, 3.8) is 0 Å². The zero-order chi connectivity index (χ0) is 14.1. The molecule has 1 saturated carbocycles. The Morgan fingerprint density at radius 2 is 2.30 bits per heavy atom. The van der Waals surface area contributed by atoms with Crippen LogP contribution in [-0.2, 0) is 6.54 Å². The molecule has 104 valence electrons. The number of nitrogens with zero attached hydrogens (tertiary/aromatic N) is 4. The molecule has 0 aliphatic heterocycles. The number of nitro groups is 1. The van der Waals surface area contributed by atoms with Crippen LogP contribution in [0.5, 0.6) is 0 Å². The number of nitro benzene ring substituents is 1. The minimum atomic E-state index is -0.430. The first-order chi connectivity index (χ1) is 9.63. The quantitative estimate of drug-likeness (QED) is 0.667. The second-order valence-corrected chi connectivity index (χ2v) is 5.56. The van der Waals surface area contributed by atoms with Crippen molar-refractivity contribution in [2.24, 2.45) is 0 Å². The van der Waals surface area contributed by atoms with E-state index >= 15 is 0 Å². The number of rotatable bonds is 5. The molecule has 1 aliphatic rings. The molecule has 0 amide bonds. The summed E-state index contributed by atoms with van der Waals surface area (Å²) in [4.78, 5) is 10.3. The van der Waals surface area contributed by atoms with Crippen LogP contribution in [0.4, 0.5) is 5.69 Å². The van der Waals surface area contributed by atoms with Crippen LogP contribution in [0.25, 0.3) is 5.69 Å². The lowest BCUT2D eigenvalue weighted by atomic mass is 10.3. The van der Waals surface area contributed by atoms with Crippen LogP contribution in [0, 0.1) is 10.1 Å². The summed E-state index contributed by atoms with van der Waals surface area (Å²) in [7, 11) is 0. The number of benzene rings is 1. The molecule has 1 aromatic carbocycles. The molecular weight excluding hydrogens is 326 g/mol. The predicted molar refractivity (Wildman–Crippen MR) is 75.6 cm³/mol. The number of hydrogen-bond donors (Lipinski definition) is 1. The minimum absolute atomic E-state index is 0.0319. The average molecular weight is 338 g/mol. The van der Waals surface area contributed by atoms with E-state index in [1.54, 1.807) is 16.8 Å². The van der Waals surface area contributed by atoms with Gasteiger partial charge in [0, 0.05) is 18.7 Å². The van der Waals surface area contributed by atoms with E-state index in [-0.39, 0.29) is 5.69 Å². The second-order valence-electron chi connectivity index (χ2n) is 4.70. The van der Waals surface area contributed by atoms with Gasteiger partial charge >= 0.3 is 0 Å². The topological polar surface area (TPSA) is 85.9 Å². The molecule has 1 N–H and O–H groups in total. The van der Waals surface area contributed by atoms with Crippen molar-refractivity contribution >= 4 is 21.6 Å². The van der Waals surface area contributed by atoms with E-state index < -0.39 is 4.92 Å². The maximum Gasteiger partial charge on any atom is 0.283 e. The highest BCUT2D eigenvalue weighted by molar-refractivity contribution is 9.10. The molecular formula is C12H12BrN5O2. The van der Waals surface area contributed by atoms with Gasteiger partial charge in [0.1, 0.15) is 0 Å². The van der Waals surface area contributed by atoms with Crippen LogP contribution < -0.4 is 5.32 Å². The Morgan fingerprint density at radius 1 is 1.50 bits per heavy atom. The van der Waals surface area contributed by atoms with E-state index in [0.29, 0.717) is 17.1 Å². The van der Waals surface area contributed by atoms with Gasteiger partial charge in [-0.25, -0.2) is 4.68 Å². The molecule has 0 unspecified atom stereocenters. The lowest BCUT2D eigenvalue weighted by Gasteiger charge is -2.01. The standard InChI is InChI=1S/C12H12BrN5O2/c13-11-5-10(3-4-12(11)18(19)20)17-7-9(15-16-17)6-14-8-1-2-8/h3-5,7-8,14H,1-2,6H2. The maximum atomic E-state index is 10.8. The number of hydrogen-bond acceptors (Lipinski definition) is 5. The second kappa shape index (κ2) is 5.29. The number of nitrogens with one attached hydrogen (secondary N) is 1. The smallest absolute Gasteiger partial charge is 0.283 e. The SMILES string of the molecule is O=[N+]([O-])c1ccc(-n2cc(CNC3CC3)nn2)cc1Br. The van der Waals surface area contributed by atoms with Crippen molar-refractivity contribution in [2.45, 2.75) is 25.4 Å². The van der Waals surface area contributed by atoms with E-state index in [1.165, 1.54) is 18.9 Å². The van der Waals surface area contributed by atoms with E-state index in [9.17, 15) is 10.1 Å². The van der Waals surface area contributed by atoms with Crippen LogP contribution in [0.15, 0.2) is 28.9 Å². The van der Waals surface area contributed by atoms with Crippen molar-refractivity contribution in [1.29, 1.82) is 0 Å². The van der Waals surface area contributed by atoms with Crippen molar-refractivity contribution in [1.82, 2.24) is 20.3 Å². The van der Waals surface area contributed by atoms with Gasteiger partial charge in [0.25, 0.3) is 5.69 Å². The lowest BCUT2D eigenvalue weighted by molar-refractivity contribution is -0.385. The molecule has 2 aromatic rings. The summed E-state index contributed by atoms with van der Waals surface area (Å²) in [5.74, 6) is 0. The van der Waals surface area contributed by atoms with Crippen molar-refractivity contribution in [3.8, 4) is 5.69 Å². The van der Waals surface area contributed by atoms with Crippen LogP contribution in [-0.4, -0.2) is 26.0 Å². The van der Waals surface area contributed by atoms with E-state index in [2.05, 4.69) is 31.6 Å². The first kappa shape index (κ1) is 13.2. The molecule has 0 bridgehead atoms. The monoisotopic (exact) mass is 337 g/mol. The normalized spacial score (nSPS) is 14.4. The van der Waals surface area contributed by atoms with Gasteiger partial charge in [-0.3, -0.25) is 10.1 Å². The fourth-order valence-corrected chi connectivity index (χ4v) is 2.34. The lowest BCUT2D eigenvalue weighted by Crippen LogP contribution is -2.15. The zero-order valence-corrected chi connectivity index (χ0v) is 12.1. The van der Waals surface area contributed by atoms with Gasteiger partial charge in [0.2, 0.25) is 0 Å². The van der Waals surface area contributed by atoms with Gasteiger partial charge in [0.15, 0.2) is 0 Å². The summed E-state index contributed by atoms with van der Waals surface area (Å²) in [6.07, 6.45) is 4.27. The van der Waals surface area contributed by atoms with Crippen LogP contribution in [0.1, 0.15) is 18.5 Å². The highest BCUT2D eigenvalue weighted by atomic mass is 79.9. The molecule has 3 rings (SSSR count). The Morgan fingerprint density at radius 3 is 2.95 bits per heavy atom. The first-order valence-corrected chi connectivity index (χ1v) is 7.02. The summed E-state index contributed by atoms with van der Waals surface area (Å²) in [6, 6.07) is 5.37. The van der Waals surface area contributed by atoms with Crippen LogP contribution >= 0.6 is 15.9 Å². The highest BCUT2D eigenvalue weighted by Gasteiger charge is 2.20. The molecule has 0 saturated heterocycles. The largest absolute Gasteiger partial charge is 0.308 e. The van der Waals surface area contributed by atoms with Crippen molar-refractivity contribution in [2.75, 3.05) is 0 Å². The van der Waals surface area contributed by atoms with Crippen LogP contribution in [0.3, 0.4) is 0 Å². The number of aromatic nitrogens is 3. The zero-order valence-electron chi connectivity index (χ0n) is 10.5. The Balaban J connectivity index is 1.77. The maximum absolute atomic E-state index is 10.8. The number of halogens is 1. The summed E-state index contributed by atoms with van der Waals surface area (Å²) in [6.45, 7) is 0.693. The fourth-order valence-electron chi connectivity index (χ4n) is 1.83. The molecule has 7 nitrogen and oxygen atoms in total. The van der Waals surface area contributed by atoms with Gasteiger partial charge in [-0.1, -0.05) is 5.21 Å². The van der Waals surface area contributed by atoms with E-state index in [4.69, 9.17) is 0 Å². The summed E-state index contributed by atoms with van der Waals surface area (Å²) < 4.78 is 2.03. The molecule has 0 radical (unpaired) electrons. The van der Waals surface area contributed by atoms with Gasteiger partial charge in [0.05, 0.1) is 27.0 Å². The van der Waals surface area contributed by atoms with Crippen molar-refractivity contribution in [3.05, 3.63) is 44.7 Å². The molecule has 1 fully saturated rings. The van der Waals surface area contributed by atoms with Gasteiger partial charge in [-0.2, -0.15) is 0 Å². The van der Waals surface area contributed by atoms with Crippen LogP contribution in [0.2, 0.25) is 0 Å². The molecule has 0 spiro atoms. The van der Waals surface area contributed by atoms with Gasteiger partial charge < -0.3 is 5.32 Å². The van der Waals surface area contributed by atoms with E-state index in [0.717, 1.165) is 11.4 Å². The average Bonchev–Trinajstić information content (AvgIpc) is 3.13. The Labute approximate surface area is 123 Å². The van der Waals surface area contributed by atoms with Crippen molar-refractivity contribution < 1.29 is 4.92 Å². The minimum Gasteiger partial charge on any atom is -0.308 e. The summed E-state index contributed by atoms with van der Waals surface area (Å²) in [5.41, 5.74) is 1.61. The molecule has 0 atom stereocenters. The highest BCUT2D eigenvalue weighted by Crippen LogP contribution is 2.26. The third-order valence-corrected chi connectivity index (χ3v) is 3.72. The summed E-state index contributed by atoms with van der Waals surface area (Å²) >= 11 is 3.19. The molecule has 1 aromatic heterocycles. The predicted octanol–water partition coefficient (Wildman–Crippen LogP) is 2.19. The van der Waals surface area contributed by atoms with Gasteiger partial charge in [-0.15, -0.1) is 5.10 Å². The molecule has 1 aliphatic carbocycles.